The molecule has 4 heterocycles. The van der Waals surface area contributed by atoms with Crippen molar-refractivity contribution in [2.24, 2.45) is 0 Å². The molecular weight excluding hydrogens is 498 g/mol. The molecule has 2 saturated heterocycles. The molecule has 0 bridgehead atoms. The number of ether oxygens (including phenoxy) is 2. The second-order valence-corrected chi connectivity index (χ2v) is 10.9. The zero-order chi connectivity index (χ0) is 27.7. The van der Waals surface area contributed by atoms with E-state index >= 15 is 0 Å². The summed E-state index contributed by atoms with van der Waals surface area (Å²) in [5, 5.41) is 21.9. The minimum atomic E-state index is -1.43. The van der Waals surface area contributed by atoms with Crippen LogP contribution in [0.4, 0.5) is 17.6 Å². The molecule has 0 spiro atoms. The van der Waals surface area contributed by atoms with Gasteiger partial charge in [0.1, 0.15) is 12.0 Å². The largest absolute Gasteiger partial charge is 0.375 e. The molecule has 2 aliphatic heterocycles. The molecule has 11 nitrogen and oxygen atoms in total. The molecule has 0 saturated carbocycles. The molecule has 11 heteroatoms. The Hall–Kier alpha value is -3.12. The summed E-state index contributed by atoms with van der Waals surface area (Å²) in [6.07, 6.45) is -0.398. The lowest BCUT2D eigenvalue weighted by Crippen LogP contribution is -2.50. The number of morpholine rings is 2. The van der Waals surface area contributed by atoms with Gasteiger partial charge >= 0.3 is 0 Å². The van der Waals surface area contributed by atoms with E-state index in [0.29, 0.717) is 68.7 Å². The van der Waals surface area contributed by atoms with E-state index in [1.807, 2.05) is 25.1 Å². The monoisotopic (exact) mass is 537 g/mol. The Morgan fingerprint density at radius 3 is 2.23 bits per heavy atom. The summed E-state index contributed by atoms with van der Waals surface area (Å²) in [7, 11) is 0. The fraction of sp³-hybridized carbons (Fsp3) is 0.571. The van der Waals surface area contributed by atoms with Gasteiger partial charge in [-0.1, -0.05) is 30.3 Å². The molecule has 0 amide bonds. The molecule has 3 aromatic rings. The lowest BCUT2D eigenvalue weighted by atomic mass is 10.1. The molecule has 3 unspecified atom stereocenters. The first-order valence-electron chi connectivity index (χ1n) is 13.7. The molecule has 2 aromatic heterocycles. The van der Waals surface area contributed by atoms with Gasteiger partial charge in [-0.15, -0.1) is 0 Å². The van der Waals surface area contributed by atoms with Crippen molar-refractivity contribution < 1.29 is 19.7 Å². The van der Waals surface area contributed by atoms with Crippen molar-refractivity contribution in [3.8, 4) is 0 Å². The topological polar surface area (TPSA) is 120 Å². The van der Waals surface area contributed by atoms with E-state index in [0.717, 1.165) is 17.1 Å². The number of anilines is 3. The zero-order valence-electron chi connectivity index (χ0n) is 23.4. The summed E-state index contributed by atoms with van der Waals surface area (Å²) in [6, 6.07) is 10.1. The van der Waals surface area contributed by atoms with E-state index in [4.69, 9.17) is 29.4 Å². The van der Waals surface area contributed by atoms with Gasteiger partial charge in [-0.05, 0) is 40.2 Å². The summed E-state index contributed by atoms with van der Waals surface area (Å²) >= 11 is 0. The van der Waals surface area contributed by atoms with Gasteiger partial charge < -0.3 is 34.4 Å². The molecule has 5 rings (SSSR count). The maximum atomic E-state index is 11.1. The maximum Gasteiger partial charge on any atom is 0.229 e. The minimum Gasteiger partial charge on any atom is -0.375 e. The van der Waals surface area contributed by atoms with Crippen LogP contribution < -0.4 is 14.7 Å². The second-order valence-electron chi connectivity index (χ2n) is 10.9. The van der Waals surface area contributed by atoms with Crippen LogP contribution >= 0.6 is 0 Å². The summed E-state index contributed by atoms with van der Waals surface area (Å²) in [6.45, 7) is 12.7. The van der Waals surface area contributed by atoms with Crippen molar-refractivity contribution >= 4 is 28.7 Å². The van der Waals surface area contributed by atoms with Crippen molar-refractivity contribution in [2.75, 3.05) is 54.1 Å². The van der Waals surface area contributed by atoms with Crippen LogP contribution in [0.2, 0.25) is 0 Å². The van der Waals surface area contributed by atoms with Crippen molar-refractivity contribution in [1.29, 1.82) is 0 Å². The lowest BCUT2D eigenvalue weighted by molar-refractivity contribution is 0.0278. The summed E-state index contributed by atoms with van der Waals surface area (Å²) < 4.78 is 11.5. The molecule has 3 atom stereocenters. The lowest BCUT2D eigenvalue weighted by Gasteiger charge is -2.38. The van der Waals surface area contributed by atoms with Gasteiger partial charge in [0.05, 0.1) is 31.1 Å². The molecule has 39 heavy (non-hydrogen) atoms. The van der Waals surface area contributed by atoms with E-state index in [2.05, 4.69) is 28.9 Å². The van der Waals surface area contributed by atoms with Crippen LogP contribution in [0.15, 0.2) is 30.3 Å². The van der Waals surface area contributed by atoms with Gasteiger partial charge in [0.2, 0.25) is 5.95 Å². The molecular formula is C28H39N7O4. The van der Waals surface area contributed by atoms with E-state index in [1.165, 1.54) is 4.90 Å². The van der Waals surface area contributed by atoms with Gasteiger partial charge in [0, 0.05) is 32.6 Å². The first-order chi connectivity index (χ1) is 18.6. The maximum absolute atomic E-state index is 11.1. The highest BCUT2D eigenvalue weighted by Crippen LogP contribution is 2.33. The summed E-state index contributed by atoms with van der Waals surface area (Å²) in [5.41, 5.74) is 1.30. The van der Waals surface area contributed by atoms with Crippen LogP contribution in [0.5, 0.6) is 0 Å². The third kappa shape index (κ3) is 6.06. The minimum absolute atomic E-state index is 0.0216. The van der Waals surface area contributed by atoms with Gasteiger partial charge in [0.25, 0.3) is 0 Å². The average molecular weight is 538 g/mol. The SMILES string of the molecule is CC1CN(c2nc(N(C(C)O)C(C)(C)O)c3nc(Cc4ccccc4)c(N4CCOC(C)C4)nc3n2)CCO1. The van der Waals surface area contributed by atoms with Crippen LogP contribution in [-0.4, -0.2) is 93.7 Å². The number of benzene rings is 1. The number of nitrogens with zero attached hydrogens (tertiary/aromatic N) is 7. The fourth-order valence-corrected chi connectivity index (χ4v) is 5.32. The Morgan fingerprint density at radius 1 is 0.974 bits per heavy atom. The Morgan fingerprint density at radius 2 is 1.62 bits per heavy atom. The van der Waals surface area contributed by atoms with Crippen LogP contribution in [0.3, 0.4) is 0 Å². The molecule has 2 aliphatic rings. The van der Waals surface area contributed by atoms with E-state index < -0.39 is 12.0 Å². The van der Waals surface area contributed by atoms with Gasteiger partial charge in [-0.3, -0.25) is 0 Å². The third-order valence-corrected chi connectivity index (χ3v) is 7.02. The number of hydrogen-bond donors (Lipinski definition) is 2. The highest BCUT2D eigenvalue weighted by molar-refractivity contribution is 5.86. The Bertz CT molecular complexity index is 1280. The standard InChI is InChI=1S/C28H39N7O4/c1-18-16-33(11-13-38-18)25-22(15-21-9-7-6-8-10-21)29-23-24(30-25)31-27(34-12-14-39-19(2)17-34)32-26(23)35(20(3)36)28(4,5)37/h6-10,18-20,36-37H,11-17H2,1-5H3. The fourth-order valence-electron chi connectivity index (χ4n) is 5.32. The predicted molar refractivity (Wildman–Crippen MR) is 150 cm³/mol. The normalized spacial score (nSPS) is 21.3. The van der Waals surface area contributed by atoms with Gasteiger partial charge in [-0.2, -0.15) is 9.97 Å². The molecule has 2 N–H and O–H groups in total. The van der Waals surface area contributed by atoms with Crippen LogP contribution in [-0.2, 0) is 15.9 Å². The smallest absolute Gasteiger partial charge is 0.229 e. The molecule has 0 aliphatic carbocycles. The first-order valence-corrected chi connectivity index (χ1v) is 13.7. The zero-order valence-corrected chi connectivity index (χ0v) is 23.4. The molecule has 2 fully saturated rings. The number of aliphatic hydroxyl groups is 2. The summed E-state index contributed by atoms with van der Waals surface area (Å²) in [5.74, 6) is 1.56. The number of fused-ring (bicyclic) bond motifs is 1. The van der Waals surface area contributed by atoms with Crippen LogP contribution in [0.1, 0.15) is 45.9 Å². The number of aromatic nitrogens is 4. The Labute approximate surface area is 229 Å². The van der Waals surface area contributed by atoms with E-state index in [1.54, 1.807) is 20.8 Å². The van der Waals surface area contributed by atoms with Crippen molar-refractivity contribution in [1.82, 2.24) is 19.9 Å². The van der Waals surface area contributed by atoms with Gasteiger partial charge in [-0.25, -0.2) is 9.97 Å². The van der Waals surface area contributed by atoms with E-state index in [-0.39, 0.29) is 12.2 Å². The number of aliphatic hydroxyl groups excluding tert-OH is 1. The molecule has 210 valence electrons. The first kappa shape index (κ1) is 27.4. The highest BCUT2D eigenvalue weighted by atomic mass is 16.5. The second kappa shape index (κ2) is 11.2. The van der Waals surface area contributed by atoms with Crippen LogP contribution in [0.25, 0.3) is 11.2 Å². The predicted octanol–water partition coefficient (Wildman–Crippen LogP) is 2.33. The molecule has 0 radical (unpaired) electrons. The number of rotatable bonds is 7. The highest BCUT2D eigenvalue weighted by Gasteiger charge is 2.34. The number of hydrogen-bond acceptors (Lipinski definition) is 11. The quantitative estimate of drug-likeness (QED) is 0.432. The van der Waals surface area contributed by atoms with Gasteiger partial charge in [0.15, 0.2) is 22.8 Å². The van der Waals surface area contributed by atoms with E-state index in [9.17, 15) is 10.2 Å². The van der Waals surface area contributed by atoms with Crippen molar-refractivity contribution in [2.45, 2.75) is 65.2 Å². The third-order valence-electron chi connectivity index (χ3n) is 7.02. The van der Waals surface area contributed by atoms with Crippen molar-refractivity contribution in [3.05, 3.63) is 41.6 Å². The Kier molecular flexibility index (Phi) is 7.86. The van der Waals surface area contributed by atoms with Crippen LogP contribution in [0, 0.1) is 0 Å². The summed E-state index contributed by atoms with van der Waals surface area (Å²) in [4.78, 5) is 25.7. The molecule has 1 aromatic carbocycles. The van der Waals surface area contributed by atoms with Crippen molar-refractivity contribution in [3.63, 3.8) is 0 Å². The average Bonchev–Trinajstić information content (AvgIpc) is 2.88. The Balaban J connectivity index is 1.73.